The molecule has 0 aliphatic carbocycles. The molecule has 0 saturated carbocycles. The molecule has 2 aromatic rings. The zero-order valence-corrected chi connectivity index (χ0v) is 14.1. The fourth-order valence-corrected chi connectivity index (χ4v) is 1.56. The van der Waals surface area contributed by atoms with Crippen molar-refractivity contribution in [2.45, 2.75) is 53.6 Å². The van der Waals surface area contributed by atoms with E-state index in [2.05, 4.69) is 62.4 Å². The van der Waals surface area contributed by atoms with Crippen molar-refractivity contribution < 1.29 is 10.2 Å². The van der Waals surface area contributed by atoms with E-state index < -0.39 is 6.10 Å². The molecule has 2 N–H and O–H groups in total. The van der Waals surface area contributed by atoms with E-state index in [1.807, 2.05) is 19.1 Å². The topological polar surface area (TPSA) is 40.5 Å². The Morgan fingerprint density at radius 3 is 1.22 bits per heavy atom. The van der Waals surface area contributed by atoms with Crippen molar-refractivity contribution in [1.82, 2.24) is 0 Å². The summed E-state index contributed by atoms with van der Waals surface area (Å²) in [6, 6.07) is 20.9. The van der Waals surface area contributed by atoms with Crippen LogP contribution in [0.15, 0.2) is 60.7 Å². The minimum atomic E-state index is -0.509. The molecule has 0 aliphatic rings. The average Bonchev–Trinajstić information content (AvgIpc) is 2.63. The van der Waals surface area contributed by atoms with E-state index in [0.717, 1.165) is 12.8 Å². The second kappa shape index (κ2) is 16.7. The van der Waals surface area contributed by atoms with Gasteiger partial charge >= 0.3 is 0 Å². The molecular weight excluding hydrogens is 284 g/mol. The molecule has 0 spiro atoms. The lowest BCUT2D eigenvalue weighted by atomic mass is 10.2. The Hall–Kier alpha value is -1.64. The van der Waals surface area contributed by atoms with Crippen LogP contribution in [-0.4, -0.2) is 22.9 Å². The third-order valence-corrected chi connectivity index (χ3v) is 3.18. The van der Waals surface area contributed by atoms with Gasteiger partial charge in [-0.15, -0.1) is 0 Å². The minimum Gasteiger partial charge on any atom is -0.394 e. The molecule has 0 saturated heterocycles. The van der Waals surface area contributed by atoms with Gasteiger partial charge in [-0.25, -0.2) is 0 Å². The first-order chi connectivity index (χ1) is 10.7. The third kappa shape index (κ3) is 13.7. The second-order valence-electron chi connectivity index (χ2n) is 4.92. The first kappa shape index (κ1) is 23.6. The SMILES string of the molecule is C.CCC(O)CO.CCc1ccccc1.CCc1ccccc1. The van der Waals surface area contributed by atoms with E-state index >= 15 is 0 Å². The summed E-state index contributed by atoms with van der Waals surface area (Å²) in [5, 5.41) is 16.5. The van der Waals surface area contributed by atoms with Crippen LogP contribution >= 0.6 is 0 Å². The smallest absolute Gasteiger partial charge is 0.0768 e. The average molecular weight is 319 g/mol. The predicted octanol–water partition coefficient (Wildman–Crippen LogP) is 4.88. The summed E-state index contributed by atoms with van der Waals surface area (Å²) in [5.41, 5.74) is 2.82. The minimum absolute atomic E-state index is 0. The molecule has 0 radical (unpaired) electrons. The highest BCUT2D eigenvalue weighted by atomic mass is 16.3. The number of aryl methyl sites for hydroxylation is 2. The van der Waals surface area contributed by atoms with Crippen molar-refractivity contribution in [2.75, 3.05) is 6.61 Å². The summed E-state index contributed by atoms with van der Waals surface area (Å²) < 4.78 is 0. The van der Waals surface area contributed by atoms with Crippen molar-refractivity contribution in [3.8, 4) is 0 Å². The van der Waals surface area contributed by atoms with E-state index in [1.165, 1.54) is 11.1 Å². The van der Waals surface area contributed by atoms with Gasteiger partial charge < -0.3 is 10.2 Å². The normalized spacial score (nSPS) is 10.1. The van der Waals surface area contributed by atoms with Gasteiger partial charge in [0.25, 0.3) is 0 Å². The van der Waals surface area contributed by atoms with E-state index in [9.17, 15) is 0 Å². The van der Waals surface area contributed by atoms with Gasteiger partial charge in [0.1, 0.15) is 0 Å². The van der Waals surface area contributed by atoms with E-state index in [0.29, 0.717) is 6.42 Å². The standard InChI is InChI=1S/2C8H10.C4H10O2.CH4/c2*1-2-8-6-4-3-5-7-8;1-2-4(6)3-5;/h2*3-7H,2H2,1H3;4-6H,2-3H2,1H3;1H4. The Morgan fingerprint density at radius 2 is 1.09 bits per heavy atom. The summed E-state index contributed by atoms with van der Waals surface area (Å²) in [6.07, 6.45) is 2.41. The number of rotatable bonds is 4. The van der Waals surface area contributed by atoms with Crippen LogP contribution in [0.4, 0.5) is 0 Å². The predicted molar refractivity (Wildman–Crippen MR) is 102 cm³/mol. The lowest BCUT2D eigenvalue weighted by molar-refractivity contribution is 0.0923. The molecule has 130 valence electrons. The zero-order chi connectivity index (χ0) is 16.6. The molecule has 0 aliphatic heterocycles. The summed E-state index contributed by atoms with van der Waals surface area (Å²) in [6.45, 7) is 6.03. The Morgan fingerprint density at radius 1 is 0.739 bits per heavy atom. The van der Waals surface area contributed by atoms with Crippen LogP contribution in [0.5, 0.6) is 0 Å². The van der Waals surface area contributed by atoms with Crippen LogP contribution in [-0.2, 0) is 12.8 Å². The maximum Gasteiger partial charge on any atom is 0.0768 e. The second-order valence-corrected chi connectivity index (χ2v) is 4.92. The maximum absolute atomic E-state index is 8.42. The van der Waals surface area contributed by atoms with Crippen molar-refractivity contribution in [1.29, 1.82) is 0 Å². The largest absolute Gasteiger partial charge is 0.394 e. The van der Waals surface area contributed by atoms with E-state index in [1.54, 1.807) is 0 Å². The quantitative estimate of drug-likeness (QED) is 0.843. The first-order valence-electron chi connectivity index (χ1n) is 8.04. The Kier molecular flexibility index (Phi) is 17.2. The summed E-state index contributed by atoms with van der Waals surface area (Å²) in [4.78, 5) is 0. The van der Waals surface area contributed by atoms with E-state index in [4.69, 9.17) is 10.2 Å². The molecule has 2 heteroatoms. The molecule has 2 aromatic carbocycles. The molecule has 0 amide bonds. The molecular formula is C21H34O2. The van der Waals surface area contributed by atoms with Crippen molar-refractivity contribution >= 4 is 0 Å². The maximum atomic E-state index is 8.42. The molecule has 23 heavy (non-hydrogen) atoms. The van der Waals surface area contributed by atoms with Crippen LogP contribution in [0.25, 0.3) is 0 Å². The number of aliphatic hydroxyl groups excluding tert-OH is 2. The van der Waals surface area contributed by atoms with Gasteiger partial charge in [-0.1, -0.05) is 88.9 Å². The highest BCUT2D eigenvalue weighted by Gasteiger charge is 1.92. The summed E-state index contributed by atoms with van der Waals surface area (Å²) in [5.74, 6) is 0. The van der Waals surface area contributed by atoms with Gasteiger partial charge in [0.2, 0.25) is 0 Å². The molecule has 1 atom stereocenters. The monoisotopic (exact) mass is 318 g/mol. The van der Waals surface area contributed by atoms with Crippen LogP contribution in [0, 0.1) is 0 Å². The lowest BCUT2D eigenvalue weighted by Gasteiger charge is -1.97. The number of hydrogen-bond donors (Lipinski definition) is 2. The molecule has 0 aromatic heterocycles. The van der Waals surface area contributed by atoms with Gasteiger partial charge in [0, 0.05) is 0 Å². The molecule has 0 bridgehead atoms. The lowest BCUT2D eigenvalue weighted by Crippen LogP contribution is -2.08. The summed E-state index contributed by atoms with van der Waals surface area (Å²) in [7, 11) is 0. The molecule has 2 nitrogen and oxygen atoms in total. The van der Waals surface area contributed by atoms with Crippen LogP contribution in [0.1, 0.15) is 45.7 Å². The van der Waals surface area contributed by atoms with Gasteiger partial charge in [0.15, 0.2) is 0 Å². The number of hydrogen-bond acceptors (Lipinski definition) is 2. The fraction of sp³-hybridized carbons (Fsp3) is 0.429. The highest BCUT2D eigenvalue weighted by molar-refractivity contribution is 5.14. The Bertz CT molecular complexity index is 396. The number of benzene rings is 2. The van der Waals surface area contributed by atoms with Crippen LogP contribution < -0.4 is 0 Å². The van der Waals surface area contributed by atoms with Crippen molar-refractivity contribution in [3.63, 3.8) is 0 Å². The zero-order valence-electron chi connectivity index (χ0n) is 14.1. The van der Waals surface area contributed by atoms with E-state index in [-0.39, 0.29) is 14.0 Å². The van der Waals surface area contributed by atoms with Gasteiger partial charge in [-0.3, -0.25) is 0 Å². The Balaban J connectivity index is 0. The first-order valence-corrected chi connectivity index (χ1v) is 8.04. The van der Waals surface area contributed by atoms with Crippen LogP contribution in [0.3, 0.4) is 0 Å². The highest BCUT2D eigenvalue weighted by Crippen LogP contribution is 1.97. The summed E-state index contributed by atoms with van der Waals surface area (Å²) >= 11 is 0. The van der Waals surface area contributed by atoms with Gasteiger partial charge in [-0.05, 0) is 30.4 Å². The molecule has 0 fully saturated rings. The Labute approximate surface area is 142 Å². The van der Waals surface area contributed by atoms with Crippen molar-refractivity contribution in [3.05, 3.63) is 71.8 Å². The van der Waals surface area contributed by atoms with Crippen LogP contribution in [0.2, 0.25) is 0 Å². The molecule has 1 unspecified atom stereocenters. The number of aliphatic hydroxyl groups is 2. The van der Waals surface area contributed by atoms with Gasteiger partial charge in [-0.2, -0.15) is 0 Å². The van der Waals surface area contributed by atoms with Gasteiger partial charge in [0.05, 0.1) is 12.7 Å². The fourth-order valence-electron chi connectivity index (χ4n) is 1.56. The third-order valence-electron chi connectivity index (χ3n) is 3.18. The van der Waals surface area contributed by atoms with Crippen molar-refractivity contribution in [2.24, 2.45) is 0 Å². The molecule has 0 heterocycles. The molecule has 2 rings (SSSR count).